The Hall–Kier alpha value is -3.80. The van der Waals surface area contributed by atoms with Gasteiger partial charge in [-0.25, -0.2) is 4.79 Å². The summed E-state index contributed by atoms with van der Waals surface area (Å²) in [6.07, 6.45) is 0.119. The van der Waals surface area contributed by atoms with Crippen LogP contribution in [0.3, 0.4) is 0 Å². The van der Waals surface area contributed by atoms with E-state index in [4.69, 9.17) is 4.74 Å². The lowest BCUT2D eigenvalue weighted by Crippen LogP contribution is -2.28. The minimum Gasteiger partial charge on any atom is -0.491 e. The van der Waals surface area contributed by atoms with Gasteiger partial charge in [-0.15, -0.1) is 0 Å². The lowest BCUT2D eigenvalue weighted by molar-refractivity contribution is 0.102. The summed E-state index contributed by atoms with van der Waals surface area (Å²) < 4.78 is 5.61. The molecule has 0 saturated carbocycles. The Morgan fingerprint density at radius 2 is 1.50 bits per heavy atom. The first-order valence-electron chi connectivity index (χ1n) is 9.76. The molecular weight excluding hydrogens is 378 g/mol. The van der Waals surface area contributed by atoms with Crippen LogP contribution in [0.1, 0.15) is 29.8 Å². The Bertz CT molecular complexity index is 986. The molecular formula is C24H25N3O3. The Balaban J connectivity index is 1.51. The van der Waals surface area contributed by atoms with E-state index in [9.17, 15) is 9.59 Å². The molecule has 0 bridgehead atoms. The zero-order chi connectivity index (χ0) is 21.3. The highest BCUT2D eigenvalue weighted by Crippen LogP contribution is 2.17. The van der Waals surface area contributed by atoms with E-state index in [1.807, 2.05) is 56.3 Å². The fourth-order valence-corrected chi connectivity index (χ4v) is 2.78. The maximum absolute atomic E-state index is 12.3. The smallest absolute Gasteiger partial charge is 0.319 e. The summed E-state index contributed by atoms with van der Waals surface area (Å²) in [6, 6.07) is 23.2. The number of benzene rings is 3. The Morgan fingerprint density at radius 3 is 2.17 bits per heavy atom. The first-order valence-corrected chi connectivity index (χ1v) is 9.76. The number of anilines is 2. The molecule has 6 nitrogen and oxygen atoms in total. The average molecular weight is 403 g/mol. The molecule has 3 aromatic carbocycles. The molecule has 0 unspecified atom stereocenters. The topological polar surface area (TPSA) is 79.5 Å². The van der Waals surface area contributed by atoms with Gasteiger partial charge in [0.1, 0.15) is 5.75 Å². The third-order valence-corrected chi connectivity index (χ3v) is 4.16. The van der Waals surface area contributed by atoms with E-state index in [-0.39, 0.29) is 18.0 Å². The first kappa shape index (κ1) is 20.9. The molecule has 0 radical (unpaired) electrons. The van der Waals surface area contributed by atoms with Crippen LogP contribution in [0.2, 0.25) is 0 Å². The van der Waals surface area contributed by atoms with Crippen LogP contribution in [0.25, 0.3) is 0 Å². The van der Waals surface area contributed by atoms with E-state index in [1.165, 1.54) is 0 Å². The lowest BCUT2D eigenvalue weighted by Gasteiger charge is -2.11. The van der Waals surface area contributed by atoms with E-state index < -0.39 is 0 Å². The van der Waals surface area contributed by atoms with E-state index in [0.717, 1.165) is 11.3 Å². The Labute approximate surface area is 176 Å². The van der Waals surface area contributed by atoms with Gasteiger partial charge in [-0.05, 0) is 61.9 Å². The number of carbonyl (C=O) groups excluding carboxylic acids is 2. The summed E-state index contributed by atoms with van der Waals surface area (Å²) in [5.41, 5.74) is 2.71. The van der Waals surface area contributed by atoms with Crippen molar-refractivity contribution < 1.29 is 14.3 Å². The molecule has 0 aliphatic heterocycles. The second-order valence-electron chi connectivity index (χ2n) is 7.02. The minimum absolute atomic E-state index is 0.119. The highest BCUT2D eigenvalue weighted by Gasteiger charge is 2.07. The molecule has 0 saturated heterocycles. The zero-order valence-corrected chi connectivity index (χ0v) is 17.0. The van der Waals surface area contributed by atoms with Gasteiger partial charge < -0.3 is 20.7 Å². The van der Waals surface area contributed by atoms with Crippen molar-refractivity contribution in [2.75, 3.05) is 10.6 Å². The van der Waals surface area contributed by atoms with E-state index in [2.05, 4.69) is 16.0 Å². The molecule has 6 heteroatoms. The van der Waals surface area contributed by atoms with Crippen molar-refractivity contribution >= 4 is 23.3 Å². The molecule has 3 N–H and O–H groups in total. The van der Waals surface area contributed by atoms with Crippen molar-refractivity contribution in [3.63, 3.8) is 0 Å². The fraction of sp³-hybridized carbons (Fsp3) is 0.167. The van der Waals surface area contributed by atoms with E-state index in [0.29, 0.717) is 23.5 Å². The summed E-state index contributed by atoms with van der Waals surface area (Å²) in [6.45, 7) is 4.34. The number of rotatable bonds is 7. The van der Waals surface area contributed by atoms with Gasteiger partial charge in [0, 0.05) is 23.5 Å². The number of hydrogen-bond donors (Lipinski definition) is 3. The number of ether oxygens (including phenoxy) is 1. The SMILES string of the molecule is CC(C)Oc1ccc(CNC(=O)Nc2cccc(NC(=O)c3ccccc3)c2)cc1. The number of amides is 3. The third kappa shape index (κ3) is 6.38. The highest BCUT2D eigenvalue weighted by atomic mass is 16.5. The van der Waals surface area contributed by atoms with Crippen LogP contribution >= 0.6 is 0 Å². The molecule has 0 atom stereocenters. The predicted octanol–water partition coefficient (Wildman–Crippen LogP) is 5.05. The molecule has 0 aromatic heterocycles. The molecule has 30 heavy (non-hydrogen) atoms. The highest BCUT2D eigenvalue weighted by molar-refractivity contribution is 6.04. The monoisotopic (exact) mass is 403 g/mol. The van der Waals surface area contributed by atoms with Crippen molar-refractivity contribution in [1.29, 1.82) is 0 Å². The van der Waals surface area contributed by atoms with E-state index >= 15 is 0 Å². The molecule has 0 aliphatic carbocycles. The zero-order valence-electron chi connectivity index (χ0n) is 17.0. The van der Waals surface area contributed by atoms with Gasteiger partial charge in [-0.2, -0.15) is 0 Å². The predicted molar refractivity (Wildman–Crippen MR) is 119 cm³/mol. The maximum Gasteiger partial charge on any atom is 0.319 e. The first-order chi connectivity index (χ1) is 14.5. The van der Waals surface area contributed by atoms with Crippen molar-refractivity contribution in [2.24, 2.45) is 0 Å². The maximum atomic E-state index is 12.3. The van der Waals surface area contributed by atoms with Crippen LogP contribution in [-0.2, 0) is 6.54 Å². The number of nitrogens with one attached hydrogen (secondary N) is 3. The van der Waals surface area contributed by atoms with Crippen LogP contribution in [0.15, 0.2) is 78.9 Å². The van der Waals surface area contributed by atoms with Crippen molar-refractivity contribution in [3.8, 4) is 5.75 Å². The summed E-state index contributed by atoms with van der Waals surface area (Å²) >= 11 is 0. The molecule has 154 valence electrons. The molecule has 3 amide bonds. The van der Waals surface area contributed by atoms with Crippen molar-refractivity contribution in [1.82, 2.24) is 5.32 Å². The summed E-state index contributed by atoms with van der Waals surface area (Å²) in [5.74, 6) is 0.592. The summed E-state index contributed by atoms with van der Waals surface area (Å²) in [7, 11) is 0. The molecule has 3 rings (SSSR count). The van der Waals surface area contributed by atoms with Gasteiger partial charge in [-0.3, -0.25) is 4.79 Å². The van der Waals surface area contributed by atoms with Crippen molar-refractivity contribution in [2.45, 2.75) is 26.5 Å². The van der Waals surface area contributed by atoms with Gasteiger partial charge in [0.05, 0.1) is 6.10 Å². The Kier molecular flexibility index (Phi) is 7.05. The third-order valence-electron chi connectivity index (χ3n) is 4.16. The minimum atomic E-state index is -0.330. The van der Waals surface area contributed by atoms with Crippen molar-refractivity contribution in [3.05, 3.63) is 90.0 Å². The van der Waals surface area contributed by atoms with Crippen LogP contribution in [0.5, 0.6) is 5.75 Å². The standard InChI is InChI=1S/C24H25N3O3/c1-17(2)30-22-13-11-18(12-14-22)16-25-24(29)27-21-10-6-9-20(15-21)26-23(28)19-7-4-3-5-8-19/h3-15,17H,16H2,1-2H3,(H,26,28)(H2,25,27,29). The molecule has 0 spiro atoms. The quantitative estimate of drug-likeness (QED) is 0.517. The van der Waals surface area contributed by atoms with Crippen LogP contribution in [0, 0.1) is 0 Å². The van der Waals surface area contributed by atoms with E-state index in [1.54, 1.807) is 36.4 Å². The normalized spacial score (nSPS) is 10.4. The summed E-state index contributed by atoms with van der Waals surface area (Å²) in [5, 5.41) is 8.42. The van der Waals surface area contributed by atoms with Gasteiger partial charge in [0.25, 0.3) is 5.91 Å². The average Bonchev–Trinajstić information content (AvgIpc) is 2.74. The van der Waals surface area contributed by atoms with Gasteiger partial charge >= 0.3 is 6.03 Å². The molecule has 0 fully saturated rings. The van der Waals surface area contributed by atoms with Gasteiger partial charge in [-0.1, -0.05) is 36.4 Å². The second kappa shape index (κ2) is 10.1. The van der Waals surface area contributed by atoms with Crippen LogP contribution in [-0.4, -0.2) is 18.0 Å². The van der Waals surface area contributed by atoms with Crippen LogP contribution < -0.4 is 20.7 Å². The number of carbonyl (C=O) groups is 2. The lowest BCUT2D eigenvalue weighted by atomic mass is 10.2. The van der Waals surface area contributed by atoms with Gasteiger partial charge in [0.15, 0.2) is 0 Å². The largest absolute Gasteiger partial charge is 0.491 e. The van der Waals surface area contributed by atoms with Crippen LogP contribution in [0.4, 0.5) is 16.2 Å². The molecule has 0 aliphatic rings. The number of urea groups is 1. The number of hydrogen-bond acceptors (Lipinski definition) is 3. The Morgan fingerprint density at radius 1 is 0.833 bits per heavy atom. The molecule has 3 aromatic rings. The second-order valence-corrected chi connectivity index (χ2v) is 7.02. The summed E-state index contributed by atoms with van der Waals surface area (Å²) in [4.78, 5) is 24.5. The van der Waals surface area contributed by atoms with Gasteiger partial charge in [0.2, 0.25) is 0 Å². The molecule has 0 heterocycles. The fourth-order valence-electron chi connectivity index (χ4n) is 2.78.